The van der Waals surface area contributed by atoms with Gasteiger partial charge in [0.25, 0.3) is 0 Å². The number of carbonyl (C=O) groups is 2. The number of Topliss-reactive ketones (excluding diaryl/α,β-unsaturated/α-hetero) is 1. The number of carbonyl (C=O) groups excluding carboxylic acids is 2. The van der Waals surface area contributed by atoms with Gasteiger partial charge in [-0.25, -0.2) is 4.79 Å². The van der Waals surface area contributed by atoms with Crippen molar-refractivity contribution in [3.05, 3.63) is 0 Å². The van der Waals surface area contributed by atoms with Crippen LogP contribution in [0, 0.1) is 5.92 Å². The molecule has 0 aliphatic rings. The van der Waals surface area contributed by atoms with Crippen molar-refractivity contribution in [3.8, 4) is 0 Å². The highest BCUT2D eigenvalue weighted by atomic mass is 16.5. The molecule has 0 N–H and O–H groups in total. The van der Waals surface area contributed by atoms with E-state index >= 15 is 0 Å². The van der Waals surface area contributed by atoms with Crippen molar-refractivity contribution in [2.75, 3.05) is 6.61 Å². The van der Waals surface area contributed by atoms with Crippen LogP contribution in [0.1, 0.15) is 27.2 Å². The molecule has 11 heavy (non-hydrogen) atoms. The summed E-state index contributed by atoms with van der Waals surface area (Å²) in [7, 11) is 0. The van der Waals surface area contributed by atoms with Gasteiger partial charge in [0, 0.05) is 6.42 Å². The fourth-order valence-electron chi connectivity index (χ4n) is 0.467. The average molecular weight is 158 g/mol. The maximum atomic E-state index is 10.7. The Kier molecular flexibility index (Phi) is 4.50. The van der Waals surface area contributed by atoms with Gasteiger partial charge >= 0.3 is 5.97 Å². The Labute approximate surface area is 66.7 Å². The van der Waals surface area contributed by atoms with Gasteiger partial charge in [-0.3, -0.25) is 4.79 Å². The van der Waals surface area contributed by atoms with E-state index in [1.807, 2.05) is 13.8 Å². The first-order valence-electron chi connectivity index (χ1n) is 3.77. The molecule has 0 unspecified atom stereocenters. The Balaban J connectivity index is 3.61. The van der Waals surface area contributed by atoms with Crippen LogP contribution < -0.4 is 0 Å². The van der Waals surface area contributed by atoms with Crippen molar-refractivity contribution in [1.82, 2.24) is 0 Å². The van der Waals surface area contributed by atoms with E-state index in [2.05, 4.69) is 4.74 Å². The second-order valence-electron chi connectivity index (χ2n) is 2.77. The number of ether oxygens (including phenoxy) is 1. The van der Waals surface area contributed by atoms with Gasteiger partial charge in [-0.2, -0.15) is 0 Å². The molecule has 0 fully saturated rings. The predicted molar refractivity (Wildman–Crippen MR) is 41.1 cm³/mol. The molecular weight excluding hydrogens is 144 g/mol. The lowest BCUT2D eigenvalue weighted by atomic mass is 10.2. The van der Waals surface area contributed by atoms with Gasteiger partial charge in [-0.15, -0.1) is 0 Å². The first kappa shape index (κ1) is 10.1. The molecule has 3 nitrogen and oxygen atoms in total. The summed E-state index contributed by atoms with van der Waals surface area (Å²) < 4.78 is 4.67. The summed E-state index contributed by atoms with van der Waals surface area (Å²) in [4.78, 5) is 21.4. The fourth-order valence-corrected chi connectivity index (χ4v) is 0.467. The van der Waals surface area contributed by atoms with Gasteiger partial charge in [-0.05, 0) is 5.92 Å². The molecule has 3 heteroatoms. The molecule has 0 aromatic heterocycles. The lowest BCUT2D eigenvalue weighted by Crippen LogP contribution is -2.18. The van der Waals surface area contributed by atoms with E-state index in [4.69, 9.17) is 0 Å². The highest BCUT2D eigenvalue weighted by molar-refractivity contribution is 6.33. The lowest BCUT2D eigenvalue weighted by Gasteiger charge is -2.04. The van der Waals surface area contributed by atoms with E-state index in [1.54, 1.807) is 6.92 Å². The zero-order chi connectivity index (χ0) is 8.85. The Hall–Kier alpha value is -0.860. The van der Waals surface area contributed by atoms with E-state index in [0.717, 1.165) is 0 Å². The van der Waals surface area contributed by atoms with E-state index < -0.39 is 11.8 Å². The molecule has 0 bridgehead atoms. The molecule has 0 aromatic rings. The number of ketones is 1. The maximum Gasteiger partial charge on any atom is 0.374 e. The topological polar surface area (TPSA) is 43.4 Å². The molecular formula is C8H14O3. The third-order valence-electron chi connectivity index (χ3n) is 1.10. The minimum Gasteiger partial charge on any atom is -0.460 e. The molecule has 0 saturated carbocycles. The Morgan fingerprint density at radius 1 is 1.36 bits per heavy atom. The van der Waals surface area contributed by atoms with Gasteiger partial charge < -0.3 is 4.74 Å². The van der Waals surface area contributed by atoms with Gasteiger partial charge in [0.1, 0.15) is 0 Å². The number of hydrogen-bond donors (Lipinski definition) is 0. The van der Waals surface area contributed by atoms with Crippen molar-refractivity contribution < 1.29 is 14.3 Å². The van der Waals surface area contributed by atoms with Gasteiger partial charge in [0.15, 0.2) is 0 Å². The largest absolute Gasteiger partial charge is 0.460 e. The first-order chi connectivity index (χ1) is 5.07. The van der Waals surface area contributed by atoms with E-state index in [-0.39, 0.29) is 12.3 Å². The highest BCUT2D eigenvalue weighted by Crippen LogP contribution is 1.94. The second kappa shape index (κ2) is 4.88. The highest BCUT2D eigenvalue weighted by Gasteiger charge is 2.12. The molecule has 0 saturated heterocycles. The van der Waals surface area contributed by atoms with Crippen LogP contribution in [0.4, 0.5) is 0 Å². The van der Waals surface area contributed by atoms with Gasteiger partial charge in [0.2, 0.25) is 5.78 Å². The predicted octanol–water partition coefficient (Wildman–Crippen LogP) is 1.16. The summed E-state index contributed by atoms with van der Waals surface area (Å²) >= 11 is 0. The third kappa shape index (κ3) is 4.53. The van der Waals surface area contributed by atoms with Gasteiger partial charge in [-0.1, -0.05) is 20.8 Å². The molecule has 0 aromatic carbocycles. The van der Waals surface area contributed by atoms with E-state index in [0.29, 0.717) is 6.61 Å². The van der Waals surface area contributed by atoms with Crippen LogP contribution in [0.5, 0.6) is 0 Å². The second-order valence-corrected chi connectivity index (χ2v) is 2.77. The molecule has 64 valence electrons. The van der Waals surface area contributed by atoms with Crippen LogP contribution >= 0.6 is 0 Å². The van der Waals surface area contributed by atoms with Crippen molar-refractivity contribution in [2.24, 2.45) is 5.92 Å². The minimum atomic E-state index is -0.707. The van der Waals surface area contributed by atoms with Crippen LogP contribution in [0.15, 0.2) is 0 Å². The van der Waals surface area contributed by atoms with Crippen LogP contribution in [-0.2, 0) is 14.3 Å². The van der Waals surface area contributed by atoms with Crippen molar-refractivity contribution in [2.45, 2.75) is 27.2 Å². The lowest BCUT2D eigenvalue weighted by molar-refractivity contribution is -0.154. The normalized spacial score (nSPS) is 9.82. The van der Waals surface area contributed by atoms with Crippen molar-refractivity contribution >= 4 is 11.8 Å². The zero-order valence-electron chi connectivity index (χ0n) is 7.22. The molecule has 0 heterocycles. The van der Waals surface area contributed by atoms with Crippen LogP contribution in [0.3, 0.4) is 0 Å². The zero-order valence-corrected chi connectivity index (χ0v) is 7.22. The number of rotatable bonds is 4. The third-order valence-corrected chi connectivity index (χ3v) is 1.10. The Morgan fingerprint density at radius 3 is 2.27 bits per heavy atom. The van der Waals surface area contributed by atoms with Crippen molar-refractivity contribution in [3.63, 3.8) is 0 Å². The van der Waals surface area contributed by atoms with Crippen LogP contribution in [0.2, 0.25) is 0 Å². The summed E-state index contributed by atoms with van der Waals surface area (Å²) in [5.74, 6) is -0.879. The summed E-state index contributed by atoms with van der Waals surface area (Å²) in [6.07, 6.45) is 0.219. The summed E-state index contributed by atoms with van der Waals surface area (Å²) in [5.41, 5.74) is 0. The Bertz CT molecular complexity index is 149. The molecule has 0 rings (SSSR count). The minimum absolute atomic E-state index is 0.219. The smallest absolute Gasteiger partial charge is 0.374 e. The summed E-state index contributed by atoms with van der Waals surface area (Å²) in [5, 5.41) is 0. The maximum absolute atomic E-state index is 10.7. The summed E-state index contributed by atoms with van der Waals surface area (Å²) in [6.45, 7) is 5.80. The standard InChI is InChI=1S/C8H14O3/c1-4-7(9)8(10)11-5-6(2)3/h6H,4-5H2,1-3H3. The molecule has 0 radical (unpaired) electrons. The molecule has 0 amide bonds. The van der Waals surface area contributed by atoms with Gasteiger partial charge in [0.05, 0.1) is 6.61 Å². The molecule has 0 spiro atoms. The van der Waals surface area contributed by atoms with Crippen molar-refractivity contribution in [1.29, 1.82) is 0 Å². The van der Waals surface area contributed by atoms with E-state index in [9.17, 15) is 9.59 Å². The Morgan fingerprint density at radius 2 is 1.91 bits per heavy atom. The quantitative estimate of drug-likeness (QED) is 0.455. The molecule has 0 aliphatic carbocycles. The van der Waals surface area contributed by atoms with Crippen LogP contribution in [-0.4, -0.2) is 18.4 Å². The SMILES string of the molecule is CCC(=O)C(=O)OCC(C)C. The monoisotopic (exact) mass is 158 g/mol. The molecule has 0 atom stereocenters. The molecule has 0 aliphatic heterocycles. The van der Waals surface area contributed by atoms with E-state index in [1.165, 1.54) is 0 Å². The fraction of sp³-hybridized carbons (Fsp3) is 0.750. The number of esters is 1. The summed E-state index contributed by atoms with van der Waals surface area (Å²) in [6, 6.07) is 0. The average Bonchev–Trinajstić information content (AvgIpc) is 1.98. The first-order valence-corrected chi connectivity index (χ1v) is 3.77. The number of hydrogen-bond acceptors (Lipinski definition) is 3. The van der Waals surface area contributed by atoms with Crippen LogP contribution in [0.25, 0.3) is 0 Å².